The summed E-state index contributed by atoms with van der Waals surface area (Å²) in [7, 11) is 0. The number of alkyl halides is 5. The third-order valence-corrected chi connectivity index (χ3v) is 6.43. The summed E-state index contributed by atoms with van der Waals surface area (Å²) in [6.45, 7) is 1.80. The van der Waals surface area contributed by atoms with Crippen molar-refractivity contribution in [1.82, 2.24) is 4.98 Å². The second-order valence-electron chi connectivity index (χ2n) is 9.56. The molecule has 0 amide bonds. The monoisotopic (exact) mass is 619 g/mol. The van der Waals surface area contributed by atoms with Gasteiger partial charge >= 0.3 is 12.5 Å². The van der Waals surface area contributed by atoms with Crippen molar-refractivity contribution in [1.29, 1.82) is 0 Å². The Labute approximate surface area is 244 Å². The molecular weight excluding hydrogens is 601 g/mol. The maximum atomic E-state index is 15.0. The SMILES string of the molecule is Cc1ccc(-c2ccc(C(F)(F)Oc3ccc(-c4ccc(-c5ccc(OC(F)(F)F)c(F)c5)c(F)c4)c(F)c3)c(F)c2)nc1. The Balaban J connectivity index is 1.34. The van der Waals surface area contributed by atoms with E-state index in [-0.39, 0.29) is 27.8 Å². The molecule has 12 heteroatoms. The lowest BCUT2D eigenvalue weighted by molar-refractivity contribution is -0.275. The number of aromatic nitrogens is 1. The molecule has 0 aliphatic rings. The fraction of sp³-hybridized carbons (Fsp3) is 0.0938. The van der Waals surface area contributed by atoms with E-state index in [0.717, 1.165) is 48.0 Å². The van der Waals surface area contributed by atoms with Crippen molar-refractivity contribution in [3.8, 4) is 45.0 Å². The molecule has 5 rings (SSSR count). The van der Waals surface area contributed by atoms with Crippen molar-refractivity contribution in [2.45, 2.75) is 19.4 Å². The lowest BCUT2D eigenvalue weighted by Crippen LogP contribution is -2.23. The second kappa shape index (κ2) is 11.6. The number of benzene rings is 4. The van der Waals surface area contributed by atoms with Crippen molar-refractivity contribution >= 4 is 0 Å². The van der Waals surface area contributed by atoms with Crippen LogP contribution in [0.25, 0.3) is 33.5 Å². The van der Waals surface area contributed by atoms with Crippen LogP contribution in [0.2, 0.25) is 0 Å². The van der Waals surface area contributed by atoms with E-state index in [2.05, 4.69) is 14.5 Å². The third-order valence-electron chi connectivity index (χ3n) is 6.43. The van der Waals surface area contributed by atoms with Gasteiger partial charge in [-0.2, -0.15) is 8.78 Å². The molecule has 0 N–H and O–H groups in total. The van der Waals surface area contributed by atoms with Gasteiger partial charge in [0.1, 0.15) is 23.2 Å². The third kappa shape index (κ3) is 6.64. The molecule has 0 radical (unpaired) electrons. The Kier molecular flexibility index (Phi) is 8.02. The Bertz CT molecular complexity index is 1840. The fourth-order valence-corrected chi connectivity index (χ4v) is 4.34. The highest BCUT2D eigenvalue weighted by Crippen LogP contribution is 2.37. The predicted octanol–water partition coefficient (Wildman–Crippen LogP) is 9.97. The number of nitrogens with zero attached hydrogens (tertiary/aromatic N) is 1. The first kappa shape index (κ1) is 30.5. The molecule has 0 atom stereocenters. The zero-order valence-electron chi connectivity index (χ0n) is 22.3. The van der Waals surface area contributed by atoms with Gasteiger partial charge in [0.25, 0.3) is 0 Å². The molecule has 0 saturated carbocycles. The van der Waals surface area contributed by atoms with Crippen molar-refractivity contribution in [3.05, 3.63) is 126 Å². The molecule has 0 unspecified atom stereocenters. The van der Waals surface area contributed by atoms with Gasteiger partial charge in [0.2, 0.25) is 0 Å². The maximum Gasteiger partial charge on any atom is 0.573 e. The molecule has 226 valence electrons. The fourth-order valence-electron chi connectivity index (χ4n) is 4.34. The Hall–Kier alpha value is -5.00. The maximum absolute atomic E-state index is 15.0. The normalized spacial score (nSPS) is 11.9. The molecule has 0 aliphatic heterocycles. The molecule has 0 fully saturated rings. The molecule has 0 spiro atoms. The number of hydrogen-bond acceptors (Lipinski definition) is 3. The highest BCUT2D eigenvalue weighted by atomic mass is 19.4. The van der Waals surface area contributed by atoms with Gasteiger partial charge < -0.3 is 9.47 Å². The summed E-state index contributed by atoms with van der Waals surface area (Å²) in [6.07, 6.45) is -7.78. The van der Waals surface area contributed by atoms with Crippen LogP contribution in [0.3, 0.4) is 0 Å². The summed E-state index contributed by atoms with van der Waals surface area (Å²) in [4.78, 5) is 4.13. The Morgan fingerprint density at radius 2 is 1.16 bits per heavy atom. The highest BCUT2D eigenvalue weighted by molar-refractivity contribution is 5.72. The average Bonchev–Trinajstić information content (AvgIpc) is 2.93. The van der Waals surface area contributed by atoms with Gasteiger partial charge in [0, 0.05) is 29.0 Å². The van der Waals surface area contributed by atoms with Gasteiger partial charge in [-0.25, -0.2) is 17.6 Å². The highest BCUT2D eigenvalue weighted by Gasteiger charge is 2.38. The Morgan fingerprint density at radius 3 is 1.73 bits per heavy atom. The molecule has 0 saturated heterocycles. The van der Waals surface area contributed by atoms with E-state index in [0.29, 0.717) is 23.9 Å². The van der Waals surface area contributed by atoms with Crippen molar-refractivity contribution < 1.29 is 49.0 Å². The quantitative estimate of drug-likeness (QED) is 0.170. The van der Waals surface area contributed by atoms with Gasteiger partial charge in [0.05, 0.1) is 11.3 Å². The standard InChI is InChI=1S/C32H18F9NO2/c1-17-2-10-29(42-16-17)20-4-9-24(27(35)14-20)31(37,38)43-21-6-8-23(26(34)15-21)18-3-7-22(25(33)12-18)19-5-11-30(28(36)13-19)44-32(39,40)41/h2-16H,1H3. The van der Waals surface area contributed by atoms with E-state index in [1.54, 1.807) is 25.3 Å². The molecule has 3 nitrogen and oxygen atoms in total. The minimum absolute atomic E-state index is 0.0362. The molecule has 0 aliphatic carbocycles. The molecule has 5 aromatic rings. The lowest BCUT2D eigenvalue weighted by Gasteiger charge is -2.19. The summed E-state index contributed by atoms with van der Waals surface area (Å²) in [5, 5.41) is 0. The lowest BCUT2D eigenvalue weighted by atomic mass is 9.99. The van der Waals surface area contributed by atoms with Crippen LogP contribution in [-0.2, 0) is 6.11 Å². The second-order valence-corrected chi connectivity index (χ2v) is 9.56. The molecule has 1 heterocycles. The van der Waals surface area contributed by atoms with E-state index in [1.807, 2.05) is 0 Å². The first-order valence-electron chi connectivity index (χ1n) is 12.7. The summed E-state index contributed by atoms with van der Waals surface area (Å²) in [6, 6.07) is 14.5. The van der Waals surface area contributed by atoms with Gasteiger partial charge in [0.15, 0.2) is 11.6 Å². The van der Waals surface area contributed by atoms with Gasteiger partial charge in [-0.1, -0.05) is 30.3 Å². The molecule has 44 heavy (non-hydrogen) atoms. The average molecular weight is 619 g/mol. The summed E-state index contributed by atoms with van der Waals surface area (Å²) >= 11 is 0. The summed E-state index contributed by atoms with van der Waals surface area (Å²) in [5.74, 6) is -6.46. The minimum atomic E-state index is -5.13. The van der Waals surface area contributed by atoms with Crippen molar-refractivity contribution in [2.75, 3.05) is 0 Å². The number of halogens is 9. The molecular formula is C32H18F9NO2. The largest absolute Gasteiger partial charge is 0.573 e. The van der Waals surface area contributed by atoms with Gasteiger partial charge in [-0.05, 0) is 72.1 Å². The molecule has 4 aromatic carbocycles. The van der Waals surface area contributed by atoms with E-state index in [1.165, 1.54) is 12.1 Å². The van der Waals surface area contributed by atoms with Crippen LogP contribution in [0.4, 0.5) is 39.5 Å². The van der Waals surface area contributed by atoms with E-state index < -0.39 is 52.8 Å². The zero-order chi connectivity index (χ0) is 31.8. The van der Waals surface area contributed by atoms with E-state index >= 15 is 0 Å². The van der Waals surface area contributed by atoms with Crippen molar-refractivity contribution in [3.63, 3.8) is 0 Å². The minimum Gasteiger partial charge on any atom is -0.429 e. The predicted molar refractivity (Wildman–Crippen MR) is 143 cm³/mol. The smallest absolute Gasteiger partial charge is 0.429 e. The first-order valence-corrected chi connectivity index (χ1v) is 12.7. The number of hydrogen-bond donors (Lipinski definition) is 0. The number of aryl methyl sites for hydroxylation is 1. The number of ether oxygens (including phenoxy) is 2. The van der Waals surface area contributed by atoms with E-state index in [4.69, 9.17) is 0 Å². The van der Waals surface area contributed by atoms with E-state index in [9.17, 15) is 39.5 Å². The van der Waals surface area contributed by atoms with Crippen LogP contribution in [0, 0.1) is 30.2 Å². The van der Waals surface area contributed by atoms with Crippen molar-refractivity contribution in [2.24, 2.45) is 0 Å². The molecule has 1 aromatic heterocycles. The zero-order valence-corrected chi connectivity index (χ0v) is 22.3. The summed E-state index contributed by atoms with van der Waals surface area (Å²) in [5.41, 5.74) is -0.195. The first-order chi connectivity index (χ1) is 20.7. The Morgan fingerprint density at radius 1 is 0.568 bits per heavy atom. The van der Waals surface area contributed by atoms with Crippen LogP contribution in [0.15, 0.2) is 91.1 Å². The van der Waals surface area contributed by atoms with Crippen LogP contribution < -0.4 is 9.47 Å². The van der Waals surface area contributed by atoms with Crippen LogP contribution >= 0.6 is 0 Å². The van der Waals surface area contributed by atoms with Gasteiger partial charge in [-0.15, -0.1) is 13.2 Å². The van der Waals surface area contributed by atoms with Crippen LogP contribution in [-0.4, -0.2) is 11.3 Å². The number of rotatable bonds is 7. The van der Waals surface area contributed by atoms with Crippen LogP contribution in [0.1, 0.15) is 11.1 Å². The topological polar surface area (TPSA) is 31.4 Å². The molecule has 0 bridgehead atoms. The van der Waals surface area contributed by atoms with Crippen LogP contribution in [0.5, 0.6) is 11.5 Å². The number of pyridine rings is 1. The summed E-state index contributed by atoms with van der Waals surface area (Å²) < 4.78 is 134. The van der Waals surface area contributed by atoms with Gasteiger partial charge in [-0.3, -0.25) is 4.98 Å².